The Kier molecular flexibility index (Phi) is 5.90. The van der Waals surface area contributed by atoms with Crippen molar-refractivity contribution in [1.82, 2.24) is 10.6 Å². The first-order chi connectivity index (χ1) is 8.86. The van der Waals surface area contributed by atoms with Gasteiger partial charge in [-0.15, -0.1) is 0 Å². The van der Waals surface area contributed by atoms with Gasteiger partial charge >= 0.3 is 0 Å². The number of rotatable bonds is 7. The maximum absolute atomic E-state index is 11.7. The molecule has 0 aromatic rings. The fourth-order valence-electron chi connectivity index (χ4n) is 2.40. The van der Waals surface area contributed by atoms with Gasteiger partial charge < -0.3 is 20.1 Å². The monoisotopic (exact) mass is 256 g/mol. The van der Waals surface area contributed by atoms with Gasteiger partial charge in [0.1, 0.15) is 0 Å². The molecule has 0 radical (unpaired) electrons. The van der Waals surface area contributed by atoms with Gasteiger partial charge in [-0.05, 0) is 32.2 Å². The van der Waals surface area contributed by atoms with Gasteiger partial charge in [-0.1, -0.05) is 0 Å². The molecule has 0 aliphatic carbocycles. The van der Waals surface area contributed by atoms with Crippen molar-refractivity contribution in [3.05, 3.63) is 0 Å². The number of ether oxygens (including phenoxy) is 2. The van der Waals surface area contributed by atoms with Crippen molar-refractivity contribution in [3.8, 4) is 0 Å². The van der Waals surface area contributed by atoms with Gasteiger partial charge in [0.05, 0.1) is 18.6 Å². The lowest BCUT2D eigenvalue weighted by Crippen LogP contribution is -2.33. The molecule has 2 rings (SSSR count). The summed E-state index contributed by atoms with van der Waals surface area (Å²) in [7, 11) is 0. The van der Waals surface area contributed by atoms with E-state index in [9.17, 15) is 4.79 Å². The molecule has 5 heteroatoms. The molecule has 2 aliphatic heterocycles. The first-order valence-electron chi connectivity index (χ1n) is 7.04. The molecule has 0 saturated carbocycles. The average Bonchev–Trinajstić information content (AvgIpc) is 3.05. The third kappa shape index (κ3) is 4.55. The fourth-order valence-corrected chi connectivity index (χ4v) is 2.40. The number of hydrogen-bond donors (Lipinski definition) is 2. The third-order valence-electron chi connectivity index (χ3n) is 3.52. The smallest absolute Gasteiger partial charge is 0.224 e. The molecule has 0 aromatic carbocycles. The Hall–Kier alpha value is -0.650. The van der Waals surface area contributed by atoms with E-state index >= 15 is 0 Å². The van der Waals surface area contributed by atoms with Crippen molar-refractivity contribution >= 4 is 5.91 Å². The van der Waals surface area contributed by atoms with E-state index in [0.717, 1.165) is 45.4 Å². The van der Waals surface area contributed by atoms with Crippen LogP contribution in [0, 0.1) is 5.92 Å². The molecule has 104 valence electrons. The lowest BCUT2D eigenvalue weighted by molar-refractivity contribution is -0.124. The second-order valence-corrected chi connectivity index (χ2v) is 5.04. The predicted molar refractivity (Wildman–Crippen MR) is 68.4 cm³/mol. The van der Waals surface area contributed by atoms with Crippen molar-refractivity contribution in [2.24, 2.45) is 5.92 Å². The first kappa shape index (κ1) is 13.8. The standard InChI is InChI=1S/C13H24N2O3/c16-13(11-4-6-14-9-11)15-5-2-7-17-10-12-3-1-8-18-12/h11-12,14H,1-10H2,(H,15,16). The quantitative estimate of drug-likeness (QED) is 0.643. The van der Waals surface area contributed by atoms with Crippen LogP contribution in [-0.2, 0) is 14.3 Å². The van der Waals surface area contributed by atoms with Gasteiger partial charge in [0, 0.05) is 26.3 Å². The van der Waals surface area contributed by atoms with E-state index in [4.69, 9.17) is 9.47 Å². The Labute approximate surface area is 109 Å². The molecule has 1 amide bonds. The van der Waals surface area contributed by atoms with E-state index in [1.54, 1.807) is 0 Å². The van der Waals surface area contributed by atoms with E-state index in [1.807, 2.05) is 0 Å². The Morgan fingerprint density at radius 3 is 3.11 bits per heavy atom. The molecule has 2 fully saturated rings. The number of amides is 1. The SMILES string of the molecule is O=C(NCCCOCC1CCCO1)C1CCNC1. The zero-order valence-electron chi connectivity index (χ0n) is 11.0. The number of nitrogens with one attached hydrogen (secondary N) is 2. The van der Waals surface area contributed by atoms with Crippen LogP contribution < -0.4 is 10.6 Å². The topological polar surface area (TPSA) is 59.6 Å². The highest BCUT2D eigenvalue weighted by Gasteiger charge is 2.21. The van der Waals surface area contributed by atoms with Crippen molar-refractivity contribution in [2.45, 2.75) is 31.8 Å². The fraction of sp³-hybridized carbons (Fsp3) is 0.923. The summed E-state index contributed by atoms with van der Waals surface area (Å²) in [4.78, 5) is 11.7. The van der Waals surface area contributed by atoms with Crippen LogP contribution >= 0.6 is 0 Å². The molecular weight excluding hydrogens is 232 g/mol. The Morgan fingerprint density at radius 2 is 2.39 bits per heavy atom. The minimum atomic E-state index is 0.165. The van der Waals surface area contributed by atoms with Gasteiger partial charge in [-0.3, -0.25) is 4.79 Å². The van der Waals surface area contributed by atoms with E-state index < -0.39 is 0 Å². The molecule has 2 N–H and O–H groups in total. The zero-order valence-corrected chi connectivity index (χ0v) is 11.0. The first-order valence-corrected chi connectivity index (χ1v) is 7.04. The van der Waals surface area contributed by atoms with Crippen molar-refractivity contribution in [2.75, 3.05) is 39.5 Å². The molecule has 2 atom stereocenters. The molecule has 2 aliphatic rings. The normalized spacial score (nSPS) is 27.6. The highest BCUT2D eigenvalue weighted by atomic mass is 16.5. The zero-order chi connectivity index (χ0) is 12.6. The van der Waals surface area contributed by atoms with Crippen LogP contribution in [0.1, 0.15) is 25.7 Å². The van der Waals surface area contributed by atoms with Crippen LogP contribution in [0.3, 0.4) is 0 Å². The number of hydrogen-bond acceptors (Lipinski definition) is 4. The summed E-state index contributed by atoms with van der Waals surface area (Å²) < 4.78 is 11.0. The van der Waals surface area contributed by atoms with Gasteiger partial charge in [-0.2, -0.15) is 0 Å². The highest BCUT2D eigenvalue weighted by Crippen LogP contribution is 2.11. The summed E-state index contributed by atoms with van der Waals surface area (Å²) in [5.74, 6) is 0.344. The summed E-state index contributed by atoms with van der Waals surface area (Å²) >= 11 is 0. The summed E-state index contributed by atoms with van der Waals surface area (Å²) in [6.07, 6.45) is 4.40. The molecule has 18 heavy (non-hydrogen) atoms. The van der Waals surface area contributed by atoms with E-state index in [1.165, 1.54) is 0 Å². The van der Waals surface area contributed by atoms with Crippen LogP contribution in [0.4, 0.5) is 0 Å². The Morgan fingerprint density at radius 1 is 1.44 bits per heavy atom. The summed E-state index contributed by atoms with van der Waals surface area (Å²) in [6.45, 7) is 4.76. The van der Waals surface area contributed by atoms with E-state index in [-0.39, 0.29) is 11.8 Å². The number of carbonyl (C=O) groups excluding carboxylic acids is 1. The average molecular weight is 256 g/mol. The Bertz CT molecular complexity index is 249. The Balaban J connectivity index is 1.42. The molecule has 0 aromatic heterocycles. The predicted octanol–water partition coefficient (Wildman–Crippen LogP) is 0.298. The minimum absolute atomic E-state index is 0.165. The van der Waals surface area contributed by atoms with Gasteiger partial charge in [-0.25, -0.2) is 0 Å². The van der Waals surface area contributed by atoms with Crippen molar-refractivity contribution in [3.63, 3.8) is 0 Å². The summed E-state index contributed by atoms with van der Waals surface area (Å²) in [5.41, 5.74) is 0. The van der Waals surface area contributed by atoms with Gasteiger partial charge in [0.2, 0.25) is 5.91 Å². The van der Waals surface area contributed by atoms with Crippen LogP contribution in [0.25, 0.3) is 0 Å². The lowest BCUT2D eigenvalue weighted by atomic mass is 10.1. The van der Waals surface area contributed by atoms with Crippen molar-refractivity contribution in [1.29, 1.82) is 0 Å². The molecule has 2 saturated heterocycles. The largest absolute Gasteiger partial charge is 0.379 e. The maximum atomic E-state index is 11.7. The lowest BCUT2D eigenvalue weighted by Gasteiger charge is -2.11. The van der Waals surface area contributed by atoms with Crippen molar-refractivity contribution < 1.29 is 14.3 Å². The second kappa shape index (κ2) is 7.71. The summed E-state index contributed by atoms with van der Waals surface area (Å²) in [6, 6.07) is 0. The van der Waals surface area contributed by atoms with E-state index in [0.29, 0.717) is 25.9 Å². The van der Waals surface area contributed by atoms with Crippen LogP contribution in [-0.4, -0.2) is 51.5 Å². The second-order valence-electron chi connectivity index (χ2n) is 5.04. The molecule has 2 unspecified atom stereocenters. The molecule has 2 heterocycles. The third-order valence-corrected chi connectivity index (χ3v) is 3.52. The minimum Gasteiger partial charge on any atom is -0.379 e. The molecule has 0 bridgehead atoms. The van der Waals surface area contributed by atoms with Crippen LogP contribution in [0.5, 0.6) is 0 Å². The van der Waals surface area contributed by atoms with Crippen LogP contribution in [0.15, 0.2) is 0 Å². The molecule has 0 spiro atoms. The summed E-state index contributed by atoms with van der Waals surface area (Å²) in [5, 5.41) is 6.16. The molecular formula is C13H24N2O3. The highest BCUT2D eigenvalue weighted by molar-refractivity contribution is 5.79. The van der Waals surface area contributed by atoms with Gasteiger partial charge in [0.15, 0.2) is 0 Å². The maximum Gasteiger partial charge on any atom is 0.224 e. The number of carbonyl (C=O) groups is 1. The van der Waals surface area contributed by atoms with Crippen LogP contribution in [0.2, 0.25) is 0 Å². The van der Waals surface area contributed by atoms with Gasteiger partial charge in [0.25, 0.3) is 0 Å². The van der Waals surface area contributed by atoms with E-state index in [2.05, 4.69) is 10.6 Å². The molecule has 5 nitrogen and oxygen atoms in total.